The third kappa shape index (κ3) is 27.2. The number of carbonyl (C=O) groups excluding carboxylic acids is 11. The number of carbonyl (C=O) groups is 11. The highest BCUT2D eigenvalue weighted by molar-refractivity contribution is 7.99. The molecule has 95 heavy (non-hydrogen) atoms. The molecule has 0 unspecified atom stereocenters. The Hall–Kier alpha value is -5.82. The van der Waals surface area contributed by atoms with Crippen LogP contribution in [-0.2, 0) is 52.7 Å². The first-order chi connectivity index (χ1) is 43.9. The molecule has 0 saturated carbocycles. The number of thioether (sulfide) groups is 1. The van der Waals surface area contributed by atoms with E-state index in [1.807, 2.05) is 81.4 Å². The van der Waals surface area contributed by atoms with Crippen LogP contribution in [0.3, 0.4) is 0 Å². The van der Waals surface area contributed by atoms with Crippen molar-refractivity contribution < 1.29 is 57.8 Å². The predicted octanol–water partition coefficient (Wildman–Crippen LogP) is 5.29. The summed E-state index contributed by atoms with van der Waals surface area (Å²) in [4.78, 5) is 173. The van der Waals surface area contributed by atoms with Gasteiger partial charge in [-0.25, -0.2) is 0 Å². The Labute approximate surface area is 575 Å². The van der Waals surface area contributed by atoms with Crippen LogP contribution in [0.25, 0.3) is 0 Å². The summed E-state index contributed by atoms with van der Waals surface area (Å²) in [5.41, 5.74) is -1.56. The van der Waals surface area contributed by atoms with Gasteiger partial charge in [-0.05, 0) is 134 Å². The normalized spacial score (nSPS) is 26.0. The second-order valence-electron chi connectivity index (χ2n) is 29.5. The number of nitrogens with zero attached hydrogens (tertiary/aromatic N) is 7. The van der Waals surface area contributed by atoms with Crippen LogP contribution in [-0.4, -0.2) is 250 Å². The van der Waals surface area contributed by atoms with Gasteiger partial charge in [0.15, 0.2) is 0 Å². The summed E-state index contributed by atoms with van der Waals surface area (Å²) in [5, 5.41) is 26.0. The van der Waals surface area contributed by atoms with Gasteiger partial charge < -0.3 is 66.0 Å². The van der Waals surface area contributed by atoms with Gasteiger partial charge in [0.2, 0.25) is 65.0 Å². The van der Waals surface area contributed by atoms with Gasteiger partial charge in [0.05, 0.1) is 5.60 Å². The van der Waals surface area contributed by atoms with Gasteiger partial charge >= 0.3 is 0 Å². The molecule has 0 spiro atoms. The van der Waals surface area contributed by atoms with Crippen LogP contribution >= 0.6 is 11.8 Å². The molecule has 1 rings (SSSR count). The second kappa shape index (κ2) is 40.8. The highest BCUT2D eigenvalue weighted by Crippen LogP contribution is 2.27. The van der Waals surface area contributed by atoms with Crippen molar-refractivity contribution in [2.45, 2.75) is 267 Å². The molecular weight excluding hydrogens is 1230 g/mol. The van der Waals surface area contributed by atoms with E-state index in [1.54, 1.807) is 34.6 Å². The zero-order valence-electron chi connectivity index (χ0n) is 63.0. The van der Waals surface area contributed by atoms with E-state index in [0.29, 0.717) is 25.1 Å². The topological polar surface area (TPSA) is 291 Å². The number of allylic oxidation sites excluding steroid dienone is 2. The Balaban J connectivity index is 4.54. The number of likely N-dealkylation sites (N-methyl/N-ethyl adjacent to an activating group) is 7. The van der Waals surface area contributed by atoms with Gasteiger partial charge in [-0.15, -0.1) is 0 Å². The summed E-state index contributed by atoms with van der Waals surface area (Å²) >= 11 is 1.42. The van der Waals surface area contributed by atoms with Crippen LogP contribution in [0.2, 0.25) is 0 Å². The molecule has 546 valence electrons. The van der Waals surface area contributed by atoms with Crippen molar-refractivity contribution in [1.82, 2.24) is 60.9 Å². The van der Waals surface area contributed by atoms with Crippen LogP contribution in [0.1, 0.15) is 189 Å². The minimum Gasteiger partial charge on any atom is -0.390 e. The largest absolute Gasteiger partial charge is 0.390 e. The maximum Gasteiger partial charge on any atom is 0.246 e. The first-order valence-corrected chi connectivity index (χ1v) is 35.8. The maximum absolute atomic E-state index is 15.4. The highest BCUT2D eigenvalue weighted by Gasteiger charge is 2.45. The summed E-state index contributed by atoms with van der Waals surface area (Å²) in [5.74, 6) is -7.98. The SMILES string of the molecule is C/C=C/C[C@@H](C)C[C@@H]1C(=O)N[C@H](CC)C(=O)N(C)[C@H](CSCCCNC(C)C)C(=O)N(C)[C@@H](CC(C)(C)O)C(=O)N[C@H](C(C)C)C(=O)N(C)[C@H](CC(C)C)C(=O)N[C@H](C)C(=O)N[C@@H](C)C(=O)N(C)[C@@H](CC(C)C)C(=O)N(C)[C@H](CCC(C)C)C(=O)N(C)[C@H](C(C)C)C(=O)N1C. The lowest BCUT2D eigenvalue weighted by Crippen LogP contribution is -2.62. The summed E-state index contributed by atoms with van der Waals surface area (Å²) in [7, 11) is 10.3. The van der Waals surface area contributed by atoms with Crippen molar-refractivity contribution in [2.75, 3.05) is 67.4 Å². The third-order valence-corrected chi connectivity index (χ3v) is 19.0. The van der Waals surface area contributed by atoms with E-state index in [0.717, 1.165) is 6.42 Å². The molecule has 0 aromatic carbocycles. The Morgan fingerprint density at radius 2 is 0.979 bits per heavy atom. The smallest absolute Gasteiger partial charge is 0.246 e. The Kier molecular flexibility index (Phi) is 37.4. The fourth-order valence-electron chi connectivity index (χ4n) is 11.8. The molecule has 0 bridgehead atoms. The first-order valence-electron chi connectivity index (χ1n) is 34.6. The zero-order valence-corrected chi connectivity index (χ0v) is 63.8. The van der Waals surface area contributed by atoms with Gasteiger partial charge in [0.1, 0.15) is 66.5 Å². The van der Waals surface area contributed by atoms with Crippen molar-refractivity contribution in [3.05, 3.63) is 12.2 Å². The number of rotatable bonds is 23. The van der Waals surface area contributed by atoms with Crippen LogP contribution < -0.4 is 26.6 Å². The Morgan fingerprint density at radius 3 is 1.48 bits per heavy atom. The fourth-order valence-corrected chi connectivity index (χ4v) is 12.9. The van der Waals surface area contributed by atoms with Crippen LogP contribution in [0.15, 0.2) is 12.2 Å². The highest BCUT2D eigenvalue weighted by atomic mass is 32.2. The molecule has 0 radical (unpaired) electrons. The van der Waals surface area contributed by atoms with E-state index in [4.69, 9.17) is 0 Å². The van der Waals surface area contributed by atoms with Crippen molar-refractivity contribution in [1.29, 1.82) is 0 Å². The second-order valence-corrected chi connectivity index (χ2v) is 30.7. The molecule has 12 atom stereocenters. The molecule has 0 aliphatic carbocycles. The van der Waals surface area contributed by atoms with E-state index in [-0.39, 0.29) is 74.0 Å². The van der Waals surface area contributed by atoms with Gasteiger partial charge in [0, 0.05) is 67.5 Å². The molecular formula is C70H128N12O12S. The van der Waals surface area contributed by atoms with Gasteiger partial charge in [-0.2, -0.15) is 11.8 Å². The lowest BCUT2D eigenvalue weighted by Gasteiger charge is -2.41. The minimum absolute atomic E-state index is 0.0611. The number of nitrogens with one attached hydrogen (secondary N) is 5. The Bertz CT molecular complexity index is 2560. The van der Waals surface area contributed by atoms with E-state index >= 15 is 28.8 Å². The predicted molar refractivity (Wildman–Crippen MR) is 377 cm³/mol. The monoisotopic (exact) mass is 1360 g/mol. The molecule has 25 heteroatoms. The maximum atomic E-state index is 15.4. The van der Waals surface area contributed by atoms with Gasteiger partial charge in [-0.3, -0.25) is 52.7 Å². The van der Waals surface area contributed by atoms with E-state index < -0.39 is 149 Å². The van der Waals surface area contributed by atoms with E-state index in [9.17, 15) is 29.1 Å². The third-order valence-electron chi connectivity index (χ3n) is 17.8. The van der Waals surface area contributed by atoms with Crippen molar-refractivity contribution in [2.24, 2.45) is 35.5 Å². The molecule has 1 aliphatic heterocycles. The van der Waals surface area contributed by atoms with Crippen molar-refractivity contribution in [3.63, 3.8) is 0 Å². The average molecular weight is 1360 g/mol. The molecule has 0 aromatic heterocycles. The number of aliphatic hydroxyl groups is 1. The summed E-state index contributed by atoms with van der Waals surface area (Å²) in [6.07, 6.45) is 6.02. The molecule has 24 nitrogen and oxygen atoms in total. The molecule has 1 aliphatic rings. The minimum atomic E-state index is -1.56. The molecule has 1 fully saturated rings. The lowest BCUT2D eigenvalue weighted by atomic mass is 9.94. The van der Waals surface area contributed by atoms with Crippen LogP contribution in [0.4, 0.5) is 0 Å². The van der Waals surface area contributed by atoms with Gasteiger partial charge in [-0.1, -0.05) is 109 Å². The Morgan fingerprint density at radius 1 is 0.516 bits per heavy atom. The number of hydrogen-bond donors (Lipinski definition) is 6. The first kappa shape index (κ1) is 87.2. The average Bonchev–Trinajstić information content (AvgIpc) is 0.824. The summed E-state index contributed by atoms with van der Waals surface area (Å²) in [6, 6.07) is -13.2. The summed E-state index contributed by atoms with van der Waals surface area (Å²) in [6.45, 7) is 34.6. The molecule has 6 N–H and O–H groups in total. The molecule has 1 saturated heterocycles. The summed E-state index contributed by atoms with van der Waals surface area (Å²) < 4.78 is 0. The van der Waals surface area contributed by atoms with Crippen molar-refractivity contribution >= 4 is 76.7 Å². The molecule has 11 amide bonds. The standard InChI is InChI=1S/C70H128N12O12S/c1-27-29-31-47(15)38-53-61(85)74-50(28-2)64(88)81(25)56(40-95-35-30-34-71-46(13)14)67(91)80(24)55(39-70(18,19)94)62(86)75-57(44(9)10)68(92)77(21)52(36-42(5)6)60(84)72-48(16)59(83)73-49(17)63(87)79(23)54(37-43(7)8)66(90)76(20)51(33-32-41(3)4)65(89)82(26)58(45(11)12)69(93)78(53)22/h27,29,41-58,71,94H,28,30-40H2,1-26H3,(H,72,84)(H,73,83)(H,74,85)(H,75,86)/b29-27+/t47-,48-,49+,50-,51-,52-,53-,54+,55+,56-,57-,58-/m1/s1. The van der Waals surface area contributed by atoms with Crippen LogP contribution in [0, 0.1) is 35.5 Å². The van der Waals surface area contributed by atoms with Crippen molar-refractivity contribution in [3.8, 4) is 0 Å². The number of hydrogen-bond acceptors (Lipinski definition) is 14. The molecule has 0 aromatic rings. The van der Waals surface area contributed by atoms with E-state index in [2.05, 4.69) is 26.6 Å². The van der Waals surface area contributed by atoms with Crippen LogP contribution in [0.5, 0.6) is 0 Å². The molecule has 1 heterocycles. The zero-order chi connectivity index (χ0) is 73.4. The lowest BCUT2D eigenvalue weighted by molar-refractivity contribution is -0.156. The van der Waals surface area contributed by atoms with Gasteiger partial charge in [0.25, 0.3) is 0 Å². The quantitative estimate of drug-likeness (QED) is 0.0560. The number of amides is 11. The van der Waals surface area contributed by atoms with E-state index in [1.165, 1.54) is 123 Å². The fraction of sp³-hybridized carbons (Fsp3) is 0.814.